The number of para-hydroxylation sites is 1. The summed E-state index contributed by atoms with van der Waals surface area (Å²) in [4.78, 5) is 41.9. The van der Waals surface area contributed by atoms with E-state index in [0.29, 0.717) is 24.9 Å². The van der Waals surface area contributed by atoms with Gasteiger partial charge >= 0.3 is 6.09 Å². The number of aromatic hydroxyl groups is 1. The zero-order valence-electron chi connectivity index (χ0n) is 22.8. The molecule has 8 nitrogen and oxygen atoms in total. The molecule has 3 N–H and O–H groups in total. The Balaban J connectivity index is 2.44. The smallest absolute Gasteiger partial charge is 0.408 e. The fourth-order valence-electron chi connectivity index (χ4n) is 4.60. The summed E-state index contributed by atoms with van der Waals surface area (Å²) < 4.78 is 5.42. The standard InChI is InChI=1S/C28H45N3O5/c1-7-18-31(26(34)23(19(3)8-2)30-27(35)36-28(4,5)6)24(21-16-12-13-17-22(21)32)25(33)29-20-14-10-9-11-15-20/h12-13,16-17,19-20,23-24,32H,7-11,14-15,18H2,1-6H3,(H,29,33)(H,30,35). The molecule has 1 fully saturated rings. The van der Waals surface area contributed by atoms with Gasteiger partial charge in [0.25, 0.3) is 0 Å². The maximum atomic E-state index is 14.1. The van der Waals surface area contributed by atoms with Crippen molar-refractivity contribution >= 4 is 17.9 Å². The number of phenolic OH excluding ortho intramolecular Hbond substituents is 1. The molecule has 2 rings (SSSR count). The molecule has 1 aliphatic rings. The topological polar surface area (TPSA) is 108 Å². The van der Waals surface area contributed by atoms with E-state index in [1.165, 1.54) is 11.0 Å². The third kappa shape index (κ3) is 8.42. The second-order valence-electron chi connectivity index (χ2n) is 10.8. The fourth-order valence-corrected chi connectivity index (χ4v) is 4.60. The zero-order chi connectivity index (χ0) is 26.9. The molecular weight excluding hydrogens is 458 g/mol. The number of benzene rings is 1. The van der Waals surface area contributed by atoms with Gasteiger partial charge in [-0.1, -0.05) is 64.7 Å². The highest BCUT2D eigenvalue weighted by molar-refractivity contribution is 5.92. The van der Waals surface area contributed by atoms with E-state index in [0.717, 1.165) is 32.1 Å². The van der Waals surface area contributed by atoms with Crippen LogP contribution in [0.2, 0.25) is 0 Å². The summed E-state index contributed by atoms with van der Waals surface area (Å²) in [6.45, 7) is 11.3. The molecule has 1 aromatic carbocycles. The monoisotopic (exact) mass is 503 g/mol. The van der Waals surface area contributed by atoms with Crippen molar-refractivity contribution in [1.82, 2.24) is 15.5 Å². The van der Waals surface area contributed by atoms with Gasteiger partial charge in [0.05, 0.1) is 0 Å². The number of phenols is 1. The highest BCUT2D eigenvalue weighted by Gasteiger charge is 2.39. The Kier molecular flexibility index (Phi) is 11.1. The molecule has 0 heterocycles. The number of alkyl carbamates (subject to hydrolysis) is 1. The molecule has 0 spiro atoms. The number of amides is 3. The molecule has 0 aromatic heterocycles. The van der Waals surface area contributed by atoms with Gasteiger partial charge in [0.1, 0.15) is 23.4 Å². The number of hydrogen-bond donors (Lipinski definition) is 3. The average Bonchev–Trinajstić information content (AvgIpc) is 2.82. The molecule has 0 aliphatic heterocycles. The molecule has 8 heteroatoms. The van der Waals surface area contributed by atoms with Gasteiger partial charge in [-0.15, -0.1) is 0 Å². The van der Waals surface area contributed by atoms with Crippen LogP contribution in [0.3, 0.4) is 0 Å². The average molecular weight is 504 g/mol. The molecule has 0 radical (unpaired) electrons. The minimum atomic E-state index is -1.02. The van der Waals surface area contributed by atoms with Crippen LogP contribution in [-0.2, 0) is 14.3 Å². The van der Waals surface area contributed by atoms with Gasteiger partial charge in [0.15, 0.2) is 0 Å². The van der Waals surface area contributed by atoms with Gasteiger partial charge < -0.3 is 25.4 Å². The van der Waals surface area contributed by atoms with E-state index >= 15 is 0 Å². The summed E-state index contributed by atoms with van der Waals surface area (Å²) in [5.74, 6) is -0.930. The third-order valence-electron chi connectivity index (χ3n) is 6.64. The van der Waals surface area contributed by atoms with Crippen LogP contribution >= 0.6 is 0 Å². The molecule has 3 amide bonds. The lowest BCUT2D eigenvalue weighted by molar-refractivity contribution is -0.144. The Bertz CT molecular complexity index is 876. The maximum absolute atomic E-state index is 14.1. The number of carbonyl (C=O) groups is 3. The number of rotatable bonds is 10. The van der Waals surface area contributed by atoms with Crippen LogP contribution < -0.4 is 10.6 Å². The maximum Gasteiger partial charge on any atom is 0.408 e. The van der Waals surface area contributed by atoms with Crippen LogP contribution in [0, 0.1) is 5.92 Å². The lowest BCUT2D eigenvalue weighted by Crippen LogP contribution is -2.56. The van der Waals surface area contributed by atoms with Crippen molar-refractivity contribution in [3.8, 4) is 5.75 Å². The van der Waals surface area contributed by atoms with Crippen molar-refractivity contribution in [3.63, 3.8) is 0 Å². The van der Waals surface area contributed by atoms with E-state index in [9.17, 15) is 19.5 Å². The second-order valence-corrected chi connectivity index (χ2v) is 10.8. The number of nitrogens with zero attached hydrogens (tertiary/aromatic N) is 1. The van der Waals surface area contributed by atoms with Crippen molar-refractivity contribution < 1.29 is 24.2 Å². The second kappa shape index (κ2) is 13.5. The largest absolute Gasteiger partial charge is 0.508 e. The van der Waals surface area contributed by atoms with Crippen LogP contribution in [0.5, 0.6) is 5.75 Å². The Morgan fingerprint density at radius 2 is 1.75 bits per heavy atom. The fraction of sp³-hybridized carbons (Fsp3) is 0.679. The van der Waals surface area contributed by atoms with Crippen molar-refractivity contribution in [2.75, 3.05) is 6.54 Å². The number of hydrogen-bond acceptors (Lipinski definition) is 5. The molecule has 3 unspecified atom stereocenters. The molecule has 1 aliphatic carbocycles. The lowest BCUT2D eigenvalue weighted by atomic mass is 9.93. The van der Waals surface area contributed by atoms with E-state index in [1.54, 1.807) is 39.0 Å². The van der Waals surface area contributed by atoms with Gasteiger partial charge in [-0.25, -0.2) is 4.79 Å². The summed E-state index contributed by atoms with van der Waals surface area (Å²) in [7, 11) is 0. The molecule has 0 saturated heterocycles. The number of carbonyl (C=O) groups excluding carboxylic acids is 3. The van der Waals surface area contributed by atoms with E-state index in [1.807, 2.05) is 20.8 Å². The lowest BCUT2D eigenvalue weighted by Gasteiger charge is -2.37. The SMILES string of the molecule is CCCN(C(=O)C(NC(=O)OC(C)(C)C)C(C)CC)C(C(=O)NC1CCCCC1)c1ccccc1O. The summed E-state index contributed by atoms with van der Waals surface area (Å²) in [6, 6.07) is 4.78. The molecule has 202 valence electrons. The Hall–Kier alpha value is -2.77. The Morgan fingerprint density at radius 3 is 2.31 bits per heavy atom. The van der Waals surface area contributed by atoms with Gasteiger partial charge in [-0.05, 0) is 52.0 Å². The van der Waals surface area contributed by atoms with Crippen molar-refractivity contribution in [3.05, 3.63) is 29.8 Å². The number of ether oxygens (including phenoxy) is 1. The van der Waals surface area contributed by atoms with Gasteiger partial charge in [0, 0.05) is 18.2 Å². The first kappa shape index (κ1) is 29.5. The molecule has 1 aromatic rings. The first-order valence-electron chi connectivity index (χ1n) is 13.4. The van der Waals surface area contributed by atoms with Gasteiger partial charge in [0.2, 0.25) is 11.8 Å². The Morgan fingerprint density at radius 1 is 1.11 bits per heavy atom. The normalized spacial score (nSPS) is 16.9. The Labute approximate surface area is 216 Å². The van der Waals surface area contributed by atoms with Crippen LogP contribution in [0.1, 0.15) is 98.1 Å². The predicted molar refractivity (Wildman–Crippen MR) is 140 cm³/mol. The van der Waals surface area contributed by atoms with Crippen LogP contribution in [-0.4, -0.2) is 52.1 Å². The van der Waals surface area contributed by atoms with E-state index < -0.39 is 23.8 Å². The minimum absolute atomic E-state index is 0.0448. The summed E-state index contributed by atoms with van der Waals surface area (Å²) in [5, 5.41) is 16.6. The third-order valence-corrected chi connectivity index (χ3v) is 6.64. The van der Waals surface area contributed by atoms with Crippen LogP contribution in [0.15, 0.2) is 24.3 Å². The van der Waals surface area contributed by atoms with Crippen LogP contribution in [0.25, 0.3) is 0 Å². The first-order valence-corrected chi connectivity index (χ1v) is 13.4. The molecule has 1 saturated carbocycles. The first-order chi connectivity index (χ1) is 17.0. The van der Waals surface area contributed by atoms with Gasteiger partial charge in [-0.3, -0.25) is 9.59 Å². The quantitative estimate of drug-likeness (QED) is 0.414. The minimum Gasteiger partial charge on any atom is -0.508 e. The molecule has 36 heavy (non-hydrogen) atoms. The number of nitrogens with one attached hydrogen (secondary N) is 2. The summed E-state index contributed by atoms with van der Waals surface area (Å²) >= 11 is 0. The van der Waals surface area contributed by atoms with Crippen molar-refractivity contribution in [1.29, 1.82) is 0 Å². The zero-order valence-corrected chi connectivity index (χ0v) is 22.8. The highest BCUT2D eigenvalue weighted by Crippen LogP contribution is 2.31. The molecule has 0 bridgehead atoms. The molecular formula is C28H45N3O5. The van der Waals surface area contributed by atoms with E-state index in [4.69, 9.17) is 4.74 Å². The van der Waals surface area contributed by atoms with Crippen molar-refractivity contribution in [2.24, 2.45) is 5.92 Å². The summed E-state index contributed by atoms with van der Waals surface area (Å²) in [6.07, 6.45) is 5.63. The molecule has 3 atom stereocenters. The highest BCUT2D eigenvalue weighted by atomic mass is 16.6. The van der Waals surface area contributed by atoms with Gasteiger partial charge in [-0.2, -0.15) is 0 Å². The van der Waals surface area contributed by atoms with Crippen molar-refractivity contribution in [2.45, 2.75) is 110 Å². The van der Waals surface area contributed by atoms with Crippen LogP contribution in [0.4, 0.5) is 4.79 Å². The summed E-state index contributed by atoms with van der Waals surface area (Å²) in [5.41, 5.74) is -0.345. The van der Waals surface area contributed by atoms with E-state index in [-0.39, 0.29) is 29.5 Å². The van der Waals surface area contributed by atoms with E-state index in [2.05, 4.69) is 10.6 Å². The predicted octanol–water partition coefficient (Wildman–Crippen LogP) is 5.06.